The van der Waals surface area contributed by atoms with Gasteiger partial charge in [0.25, 0.3) is 0 Å². The van der Waals surface area contributed by atoms with Gasteiger partial charge in [0.1, 0.15) is 0 Å². The lowest BCUT2D eigenvalue weighted by Gasteiger charge is -2.19. The van der Waals surface area contributed by atoms with Crippen LogP contribution in [0.15, 0.2) is 24.3 Å². The van der Waals surface area contributed by atoms with Crippen LogP contribution in [-0.4, -0.2) is 5.78 Å². The van der Waals surface area contributed by atoms with E-state index in [1.807, 2.05) is 25.1 Å². The lowest BCUT2D eigenvalue weighted by Crippen LogP contribution is -2.12. The molecule has 1 heteroatoms. The molecule has 0 N–H and O–H groups in total. The average molecular weight is 204 g/mol. The molecule has 82 valence electrons. The second-order valence-electron chi connectivity index (χ2n) is 5.00. The molecule has 0 bridgehead atoms. The summed E-state index contributed by atoms with van der Waals surface area (Å²) in [5, 5.41) is 0. The van der Waals surface area contributed by atoms with Gasteiger partial charge in [0, 0.05) is 12.0 Å². The minimum Gasteiger partial charge on any atom is -0.294 e. The Labute approximate surface area is 92.5 Å². The summed E-state index contributed by atoms with van der Waals surface area (Å²) >= 11 is 0. The van der Waals surface area contributed by atoms with Crippen LogP contribution in [0.4, 0.5) is 0 Å². The van der Waals surface area contributed by atoms with Crippen molar-refractivity contribution >= 4 is 5.78 Å². The number of carbonyl (C=O) groups is 1. The van der Waals surface area contributed by atoms with E-state index in [4.69, 9.17) is 0 Å². The van der Waals surface area contributed by atoms with Crippen LogP contribution in [0.25, 0.3) is 0 Å². The van der Waals surface area contributed by atoms with E-state index in [-0.39, 0.29) is 11.2 Å². The molecule has 15 heavy (non-hydrogen) atoms. The first-order valence-electron chi connectivity index (χ1n) is 5.59. The van der Waals surface area contributed by atoms with Gasteiger partial charge in [-0.3, -0.25) is 4.79 Å². The number of carbonyl (C=O) groups excluding carboxylic acids is 1. The van der Waals surface area contributed by atoms with E-state index in [9.17, 15) is 4.79 Å². The molecule has 0 saturated heterocycles. The summed E-state index contributed by atoms with van der Waals surface area (Å²) in [5.74, 6) is 0.253. The Kier molecular flexibility index (Phi) is 3.67. The van der Waals surface area contributed by atoms with Crippen LogP contribution in [-0.2, 0) is 5.41 Å². The SMILES string of the molecule is CCCC(=O)c1cccc(C(C)(C)C)c1. The number of ketones is 1. The highest BCUT2D eigenvalue weighted by Gasteiger charge is 2.15. The molecule has 0 aliphatic rings. The molecule has 0 aliphatic heterocycles. The van der Waals surface area contributed by atoms with Crippen LogP contribution in [0.5, 0.6) is 0 Å². The van der Waals surface area contributed by atoms with E-state index < -0.39 is 0 Å². The molecule has 0 fully saturated rings. The third-order valence-corrected chi connectivity index (χ3v) is 2.53. The highest BCUT2D eigenvalue weighted by Crippen LogP contribution is 2.23. The van der Waals surface area contributed by atoms with Gasteiger partial charge >= 0.3 is 0 Å². The molecule has 1 nitrogen and oxygen atoms in total. The Hall–Kier alpha value is -1.11. The zero-order valence-electron chi connectivity index (χ0n) is 10.1. The second kappa shape index (κ2) is 4.61. The number of hydrogen-bond acceptors (Lipinski definition) is 1. The molecule has 0 heterocycles. The zero-order chi connectivity index (χ0) is 11.5. The molecular weight excluding hydrogens is 184 g/mol. The molecular formula is C14H20O. The monoisotopic (exact) mass is 204 g/mol. The minimum absolute atomic E-state index is 0.114. The van der Waals surface area contributed by atoms with Crippen molar-refractivity contribution in [3.8, 4) is 0 Å². The van der Waals surface area contributed by atoms with E-state index in [1.54, 1.807) is 0 Å². The van der Waals surface area contributed by atoms with Gasteiger partial charge in [-0.15, -0.1) is 0 Å². The molecule has 0 saturated carbocycles. The fourth-order valence-electron chi connectivity index (χ4n) is 1.53. The van der Waals surface area contributed by atoms with Crippen molar-refractivity contribution in [2.45, 2.75) is 46.0 Å². The maximum absolute atomic E-state index is 11.7. The van der Waals surface area contributed by atoms with Crippen molar-refractivity contribution in [1.29, 1.82) is 0 Å². The van der Waals surface area contributed by atoms with E-state index in [2.05, 4.69) is 26.8 Å². The van der Waals surface area contributed by atoms with Gasteiger partial charge < -0.3 is 0 Å². The molecule has 0 radical (unpaired) electrons. The Morgan fingerprint density at radius 3 is 2.47 bits per heavy atom. The molecule has 1 rings (SSSR count). The van der Waals surface area contributed by atoms with Crippen LogP contribution in [0.2, 0.25) is 0 Å². The van der Waals surface area contributed by atoms with Crippen molar-refractivity contribution in [3.05, 3.63) is 35.4 Å². The van der Waals surface area contributed by atoms with Gasteiger partial charge in [0.15, 0.2) is 5.78 Å². The Bertz CT molecular complexity index is 345. The summed E-state index contributed by atoms with van der Waals surface area (Å²) in [4.78, 5) is 11.7. The van der Waals surface area contributed by atoms with Gasteiger partial charge in [0.05, 0.1) is 0 Å². The molecule has 0 spiro atoms. The lowest BCUT2D eigenvalue weighted by molar-refractivity contribution is 0.0981. The van der Waals surface area contributed by atoms with Gasteiger partial charge in [-0.1, -0.05) is 45.9 Å². The van der Waals surface area contributed by atoms with E-state index >= 15 is 0 Å². The Balaban J connectivity index is 2.98. The van der Waals surface area contributed by atoms with Gasteiger partial charge in [-0.05, 0) is 23.5 Å². The van der Waals surface area contributed by atoms with Crippen molar-refractivity contribution in [2.24, 2.45) is 0 Å². The molecule has 1 aromatic carbocycles. The van der Waals surface area contributed by atoms with E-state index in [0.29, 0.717) is 6.42 Å². The fourth-order valence-corrected chi connectivity index (χ4v) is 1.53. The van der Waals surface area contributed by atoms with Crippen LogP contribution in [0.1, 0.15) is 56.5 Å². The summed E-state index contributed by atoms with van der Waals surface area (Å²) < 4.78 is 0. The largest absolute Gasteiger partial charge is 0.294 e. The first-order chi connectivity index (χ1) is 6.95. The van der Waals surface area contributed by atoms with Gasteiger partial charge in [-0.2, -0.15) is 0 Å². The van der Waals surface area contributed by atoms with E-state index in [0.717, 1.165) is 12.0 Å². The van der Waals surface area contributed by atoms with Crippen LogP contribution in [0.3, 0.4) is 0 Å². The highest BCUT2D eigenvalue weighted by atomic mass is 16.1. The summed E-state index contributed by atoms with van der Waals surface area (Å²) in [6.07, 6.45) is 1.56. The Morgan fingerprint density at radius 1 is 1.27 bits per heavy atom. The summed E-state index contributed by atoms with van der Waals surface area (Å²) in [6, 6.07) is 8.00. The third kappa shape index (κ3) is 3.19. The van der Waals surface area contributed by atoms with Crippen molar-refractivity contribution in [1.82, 2.24) is 0 Å². The van der Waals surface area contributed by atoms with Gasteiger partial charge in [0.2, 0.25) is 0 Å². The quantitative estimate of drug-likeness (QED) is 0.681. The predicted molar refractivity (Wildman–Crippen MR) is 64.4 cm³/mol. The smallest absolute Gasteiger partial charge is 0.162 e. The van der Waals surface area contributed by atoms with Gasteiger partial charge in [-0.25, -0.2) is 0 Å². The molecule has 0 unspecified atom stereocenters. The van der Waals surface area contributed by atoms with Crippen molar-refractivity contribution < 1.29 is 4.79 Å². The number of hydrogen-bond donors (Lipinski definition) is 0. The Morgan fingerprint density at radius 2 is 1.93 bits per heavy atom. The first-order valence-corrected chi connectivity index (χ1v) is 5.59. The maximum atomic E-state index is 11.7. The van der Waals surface area contributed by atoms with E-state index in [1.165, 1.54) is 5.56 Å². The molecule has 0 aliphatic carbocycles. The highest BCUT2D eigenvalue weighted by molar-refractivity contribution is 5.96. The maximum Gasteiger partial charge on any atom is 0.162 e. The van der Waals surface area contributed by atoms with Crippen LogP contribution >= 0.6 is 0 Å². The van der Waals surface area contributed by atoms with Crippen LogP contribution in [0, 0.1) is 0 Å². The lowest BCUT2D eigenvalue weighted by atomic mass is 9.85. The summed E-state index contributed by atoms with van der Waals surface area (Å²) in [6.45, 7) is 8.52. The summed E-state index contributed by atoms with van der Waals surface area (Å²) in [5.41, 5.74) is 2.19. The topological polar surface area (TPSA) is 17.1 Å². The molecule has 0 aromatic heterocycles. The fraction of sp³-hybridized carbons (Fsp3) is 0.500. The minimum atomic E-state index is 0.114. The molecule has 0 atom stereocenters. The van der Waals surface area contributed by atoms with Crippen LogP contribution < -0.4 is 0 Å². The second-order valence-corrected chi connectivity index (χ2v) is 5.00. The standard InChI is InChI=1S/C14H20O/c1-5-7-13(15)11-8-6-9-12(10-11)14(2,3)4/h6,8-10H,5,7H2,1-4H3. The molecule has 0 amide bonds. The third-order valence-electron chi connectivity index (χ3n) is 2.53. The average Bonchev–Trinajstić information content (AvgIpc) is 2.17. The normalized spacial score (nSPS) is 11.5. The number of Topliss-reactive ketones (excluding diaryl/α,β-unsaturated/α-hetero) is 1. The number of benzene rings is 1. The zero-order valence-corrected chi connectivity index (χ0v) is 10.1. The van der Waals surface area contributed by atoms with Crippen molar-refractivity contribution in [3.63, 3.8) is 0 Å². The molecule has 1 aromatic rings. The number of rotatable bonds is 3. The first kappa shape index (κ1) is 12.0. The predicted octanol–water partition coefficient (Wildman–Crippen LogP) is 3.97. The summed E-state index contributed by atoms with van der Waals surface area (Å²) in [7, 11) is 0. The van der Waals surface area contributed by atoms with Crippen molar-refractivity contribution in [2.75, 3.05) is 0 Å².